The van der Waals surface area contributed by atoms with Crippen LogP contribution in [0, 0.1) is 5.92 Å². The van der Waals surface area contributed by atoms with Crippen LogP contribution in [0.15, 0.2) is 0 Å². The maximum atomic E-state index is 13.4. The second-order valence-electron chi connectivity index (χ2n) is 29.0. The summed E-state index contributed by atoms with van der Waals surface area (Å²) in [5.74, 6) is -1.38. The molecule has 0 fully saturated rings. The third-order valence-electron chi connectivity index (χ3n) is 16.4. The van der Waals surface area contributed by atoms with Gasteiger partial charge in [0.2, 0.25) is 0 Å². The van der Waals surface area contributed by atoms with Crippen molar-refractivity contribution in [3.63, 3.8) is 0 Å². The van der Waals surface area contributed by atoms with E-state index in [9.17, 15) is 19.8 Å². The maximum Gasteiger partial charge on any atom is 0.345 e. The summed E-state index contributed by atoms with van der Waals surface area (Å²) in [5.41, 5.74) is 0. The molecule has 0 aliphatic heterocycles. The predicted molar refractivity (Wildman–Crippen MR) is 367 cm³/mol. The first-order valence-corrected chi connectivity index (χ1v) is 46.3. The van der Waals surface area contributed by atoms with Crippen LogP contribution in [0.25, 0.3) is 0 Å². The third kappa shape index (κ3) is 55.2. The Hall–Kier alpha value is -0.649. The topological polar surface area (TPSA) is 118 Å². The molecule has 0 bridgehead atoms. The van der Waals surface area contributed by atoms with E-state index >= 15 is 0 Å². The van der Waals surface area contributed by atoms with Crippen LogP contribution in [-0.4, -0.2) is 127 Å². The average Bonchev–Trinajstić information content (AvgIpc) is 3.40. The summed E-state index contributed by atoms with van der Waals surface area (Å²) in [4.78, 5) is 31.3. The molecule has 13 heteroatoms. The summed E-state index contributed by atoms with van der Waals surface area (Å²) in [6.07, 6.45) is 47.4. The Kier molecular flexibility index (Phi) is 52.8. The lowest BCUT2D eigenvalue weighted by Crippen LogP contribution is -2.45. The highest BCUT2D eigenvalue weighted by atomic mass is 28.4. The van der Waals surface area contributed by atoms with Crippen LogP contribution in [0.1, 0.15) is 304 Å². The van der Waals surface area contributed by atoms with E-state index in [0.29, 0.717) is 18.8 Å². The quantitative estimate of drug-likeness (QED) is 0.0346. The van der Waals surface area contributed by atoms with Gasteiger partial charge in [0.25, 0.3) is 0 Å². The number of nitrogens with zero attached hydrogens (tertiary/aromatic N) is 2. The van der Waals surface area contributed by atoms with Gasteiger partial charge in [0, 0.05) is 26.2 Å². The number of hydrogen-bond acceptors (Lipinski definition) is 9. The summed E-state index contributed by atoms with van der Waals surface area (Å²) >= 11 is 0. The molecule has 0 saturated carbocycles. The predicted octanol–water partition coefficient (Wildman–Crippen LogP) is 20.7. The van der Waals surface area contributed by atoms with Crippen molar-refractivity contribution >= 4 is 36.9 Å². The van der Waals surface area contributed by atoms with Crippen molar-refractivity contribution in [2.75, 3.05) is 39.3 Å². The SMILES string of the molecule is CCCCCCCCCC[C@@H](C)CN(CCCCC(O)C(=O)OC(CCCCN(C[C@@H](CCCCCCCCCC)O[Si](C)(C)C)C[C@@H](CCCCCCCCCC)O[Si](C)(C)C)C(=O)O)C[C@@H](CCCCCCCCCC)O[Si](C)(C)C. The molecule has 2 N–H and O–H groups in total. The van der Waals surface area contributed by atoms with Gasteiger partial charge < -0.3 is 33.1 Å². The molecule has 0 saturated heterocycles. The van der Waals surface area contributed by atoms with Crippen LogP contribution in [0.3, 0.4) is 0 Å². The van der Waals surface area contributed by atoms with Gasteiger partial charge in [-0.05, 0) is 142 Å². The number of aliphatic hydroxyl groups excluding tert-OH is 1. The van der Waals surface area contributed by atoms with Crippen molar-refractivity contribution in [3.05, 3.63) is 0 Å². The molecule has 0 spiro atoms. The number of unbranched alkanes of at least 4 members (excludes halogenated alkanes) is 30. The van der Waals surface area contributed by atoms with E-state index in [1.54, 1.807) is 0 Å². The Morgan fingerprint density at radius 1 is 0.361 bits per heavy atom. The van der Waals surface area contributed by atoms with E-state index in [1.807, 2.05) is 0 Å². The van der Waals surface area contributed by atoms with Gasteiger partial charge in [-0.25, -0.2) is 9.59 Å². The number of ether oxygens (including phenoxy) is 1. The summed E-state index contributed by atoms with van der Waals surface area (Å²) in [7, 11) is -5.45. The summed E-state index contributed by atoms with van der Waals surface area (Å²) in [6.45, 7) is 37.6. The number of rotatable bonds is 63. The van der Waals surface area contributed by atoms with Crippen molar-refractivity contribution < 1.29 is 37.8 Å². The van der Waals surface area contributed by atoms with Crippen LogP contribution >= 0.6 is 0 Å². The molecular weight excluding hydrogens is 1080 g/mol. The molecule has 496 valence electrons. The smallest absolute Gasteiger partial charge is 0.345 e. The van der Waals surface area contributed by atoms with E-state index in [0.717, 1.165) is 71.4 Å². The minimum atomic E-state index is -1.84. The van der Waals surface area contributed by atoms with Crippen LogP contribution in [0.4, 0.5) is 0 Å². The number of carboxylic acids is 1. The normalized spacial score (nSPS) is 14.8. The first-order chi connectivity index (χ1) is 39.5. The number of aliphatic carboxylic acids is 1. The second-order valence-corrected chi connectivity index (χ2v) is 42.4. The lowest BCUT2D eigenvalue weighted by atomic mass is 10.00. The zero-order valence-electron chi connectivity index (χ0n) is 58.1. The highest BCUT2D eigenvalue weighted by Gasteiger charge is 2.30. The fourth-order valence-corrected chi connectivity index (χ4v) is 15.6. The molecule has 0 aromatic heterocycles. The van der Waals surface area contributed by atoms with Gasteiger partial charge in [-0.15, -0.1) is 0 Å². The highest BCUT2D eigenvalue weighted by molar-refractivity contribution is 6.70. The number of esters is 1. The Morgan fingerprint density at radius 2 is 0.627 bits per heavy atom. The minimum Gasteiger partial charge on any atom is -0.479 e. The molecule has 6 atom stereocenters. The molecule has 0 aliphatic rings. The molecule has 0 amide bonds. The zero-order chi connectivity index (χ0) is 62.0. The summed E-state index contributed by atoms with van der Waals surface area (Å²) in [5, 5.41) is 21.5. The minimum absolute atomic E-state index is 0.147. The van der Waals surface area contributed by atoms with Crippen LogP contribution in [0.2, 0.25) is 58.9 Å². The first kappa shape index (κ1) is 82.4. The Balaban J connectivity index is 5.91. The number of hydrogen-bond donors (Lipinski definition) is 2. The van der Waals surface area contributed by atoms with Gasteiger partial charge in [-0.3, -0.25) is 4.90 Å². The van der Waals surface area contributed by atoms with Crippen LogP contribution in [-0.2, 0) is 27.6 Å². The molecule has 0 aromatic rings. The fraction of sp³-hybridized carbons (Fsp3) is 0.971. The largest absolute Gasteiger partial charge is 0.479 e. The molecular formula is C70H146N2O8Si3. The average molecular weight is 1230 g/mol. The number of carboxylic acid groups (broad SMARTS) is 1. The fourth-order valence-electron chi connectivity index (χ4n) is 12.0. The second kappa shape index (κ2) is 53.2. The summed E-state index contributed by atoms with van der Waals surface area (Å²) in [6, 6.07) is 0. The molecule has 0 aliphatic carbocycles. The lowest BCUT2D eigenvalue weighted by Gasteiger charge is -2.35. The number of carbonyl (C=O) groups is 2. The van der Waals surface area contributed by atoms with Gasteiger partial charge in [0.1, 0.15) is 0 Å². The van der Waals surface area contributed by atoms with E-state index in [2.05, 4.69) is 103 Å². The van der Waals surface area contributed by atoms with Crippen molar-refractivity contribution in [3.8, 4) is 0 Å². The molecule has 0 aromatic carbocycles. The van der Waals surface area contributed by atoms with Crippen LogP contribution < -0.4 is 0 Å². The van der Waals surface area contributed by atoms with Gasteiger partial charge >= 0.3 is 11.9 Å². The number of aliphatic hydroxyl groups is 1. The Labute approximate surface area is 520 Å². The standard InChI is InChI=1S/C70H146N2O8Si3/c1-15-19-23-27-31-35-39-43-51-63(5)59-71(60-64(78-81(6,7)8)52-44-40-36-32-28-24-20-16-2)57-49-47-55-67(73)70(76)77-68(69(74)75)56-48-50-58-72(61-65(79-82(9,10)11)53-45-41-37-33-29-25-21-17-3)62-66(80-83(12,13)14)54-46-42-38-34-30-26-22-18-4/h63-68,73H,15-62H2,1-14H3,(H,74,75)/t63-,64-,65-,66-,67?,68?/m1/s1. The van der Waals surface area contributed by atoms with Gasteiger partial charge in [0.15, 0.2) is 37.2 Å². The summed E-state index contributed by atoms with van der Waals surface area (Å²) < 4.78 is 26.5. The highest BCUT2D eigenvalue weighted by Crippen LogP contribution is 2.24. The van der Waals surface area contributed by atoms with Crippen LogP contribution in [0.5, 0.6) is 0 Å². The van der Waals surface area contributed by atoms with E-state index < -0.39 is 49.1 Å². The lowest BCUT2D eigenvalue weighted by molar-refractivity contribution is -0.170. The molecule has 83 heavy (non-hydrogen) atoms. The van der Waals surface area contributed by atoms with Gasteiger partial charge in [-0.1, -0.05) is 240 Å². The van der Waals surface area contributed by atoms with Gasteiger partial charge in [-0.2, -0.15) is 0 Å². The first-order valence-electron chi connectivity index (χ1n) is 36.1. The van der Waals surface area contributed by atoms with Gasteiger partial charge in [0.05, 0.1) is 18.3 Å². The zero-order valence-corrected chi connectivity index (χ0v) is 61.1. The molecule has 0 rings (SSSR count). The van der Waals surface area contributed by atoms with Crippen molar-refractivity contribution in [2.45, 2.75) is 394 Å². The molecule has 0 radical (unpaired) electrons. The third-order valence-corrected chi connectivity index (χ3v) is 19.5. The van der Waals surface area contributed by atoms with Crippen molar-refractivity contribution in [1.82, 2.24) is 9.80 Å². The van der Waals surface area contributed by atoms with E-state index in [1.165, 1.54) is 212 Å². The number of carbonyl (C=O) groups excluding carboxylic acids is 1. The molecule has 2 unspecified atom stereocenters. The van der Waals surface area contributed by atoms with E-state index in [4.69, 9.17) is 18.0 Å². The Bertz CT molecular complexity index is 1420. The van der Waals surface area contributed by atoms with Crippen molar-refractivity contribution in [2.24, 2.45) is 5.92 Å². The van der Waals surface area contributed by atoms with Crippen molar-refractivity contribution in [1.29, 1.82) is 0 Å². The molecule has 10 nitrogen and oxygen atoms in total. The molecule has 0 heterocycles. The van der Waals surface area contributed by atoms with E-state index in [-0.39, 0.29) is 31.2 Å². The maximum absolute atomic E-state index is 13.4. The monoisotopic (exact) mass is 1230 g/mol. The Morgan fingerprint density at radius 3 is 0.928 bits per heavy atom.